The first-order valence-electron chi connectivity index (χ1n) is 8.87. The maximum absolute atomic E-state index is 12.4. The number of hydrogen-bond acceptors (Lipinski definition) is 6. The molecule has 0 radical (unpaired) electrons. The van der Waals surface area contributed by atoms with Crippen LogP contribution >= 0.6 is 0 Å². The molecule has 2 N–H and O–H groups in total. The van der Waals surface area contributed by atoms with Gasteiger partial charge in [-0.05, 0) is 42.7 Å². The molecule has 9 heteroatoms. The van der Waals surface area contributed by atoms with Gasteiger partial charge in [0.25, 0.3) is 0 Å². The highest BCUT2D eigenvalue weighted by molar-refractivity contribution is 7.89. The highest BCUT2D eigenvalue weighted by Gasteiger charge is 2.15. The van der Waals surface area contributed by atoms with Crippen LogP contribution in [0, 0.1) is 12.8 Å². The standard InChI is InChI=1S/C18H24N6O2S/c1-13(2)12-19-16-7-8-17-21-22-18(24(17)23-16)9-10-20-27(25,26)15-6-4-5-14(3)11-15/h4-8,11,13,20H,9-10,12H2,1-3H3,(H,19,23). The number of hydrogen-bond donors (Lipinski definition) is 2. The summed E-state index contributed by atoms with van der Waals surface area (Å²) in [6.07, 6.45) is 0.382. The van der Waals surface area contributed by atoms with E-state index in [0.29, 0.717) is 23.8 Å². The molecule has 3 aromatic rings. The molecule has 0 unspecified atom stereocenters. The molecule has 8 nitrogen and oxygen atoms in total. The Morgan fingerprint density at radius 1 is 1.15 bits per heavy atom. The van der Waals surface area contributed by atoms with Crippen molar-refractivity contribution >= 4 is 21.5 Å². The van der Waals surface area contributed by atoms with E-state index in [1.807, 2.05) is 25.1 Å². The summed E-state index contributed by atoms with van der Waals surface area (Å²) in [4.78, 5) is 0.256. The summed E-state index contributed by atoms with van der Waals surface area (Å²) in [5.41, 5.74) is 1.52. The van der Waals surface area contributed by atoms with Crippen molar-refractivity contribution in [1.82, 2.24) is 24.5 Å². The third-order valence-corrected chi connectivity index (χ3v) is 5.42. The van der Waals surface area contributed by atoms with Crippen LogP contribution < -0.4 is 10.0 Å². The van der Waals surface area contributed by atoms with Gasteiger partial charge in [0.1, 0.15) is 5.82 Å². The van der Waals surface area contributed by atoms with E-state index >= 15 is 0 Å². The van der Waals surface area contributed by atoms with Gasteiger partial charge in [0.2, 0.25) is 10.0 Å². The van der Waals surface area contributed by atoms with E-state index in [2.05, 4.69) is 39.2 Å². The maximum Gasteiger partial charge on any atom is 0.240 e. The van der Waals surface area contributed by atoms with Gasteiger partial charge in [-0.3, -0.25) is 0 Å². The highest BCUT2D eigenvalue weighted by atomic mass is 32.2. The van der Waals surface area contributed by atoms with E-state index in [0.717, 1.165) is 17.9 Å². The average molecular weight is 388 g/mol. The summed E-state index contributed by atoms with van der Waals surface area (Å²) in [7, 11) is -3.56. The Hall–Kier alpha value is -2.52. The van der Waals surface area contributed by atoms with E-state index < -0.39 is 10.0 Å². The fraction of sp³-hybridized carbons (Fsp3) is 0.389. The summed E-state index contributed by atoms with van der Waals surface area (Å²) < 4.78 is 29.1. The largest absolute Gasteiger partial charge is 0.368 e. The zero-order chi connectivity index (χ0) is 19.4. The summed E-state index contributed by atoms with van der Waals surface area (Å²) in [5, 5.41) is 16.0. The van der Waals surface area contributed by atoms with Crippen molar-refractivity contribution in [2.75, 3.05) is 18.4 Å². The molecular weight excluding hydrogens is 364 g/mol. The Morgan fingerprint density at radius 2 is 1.96 bits per heavy atom. The molecular formula is C18H24N6O2S. The molecule has 0 saturated heterocycles. The molecule has 27 heavy (non-hydrogen) atoms. The molecule has 1 aromatic carbocycles. The van der Waals surface area contributed by atoms with Gasteiger partial charge in [-0.2, -0.15) is 4.52 Å². The lowest BCUT2D eigenvalue weighted by atomic mass is 10.2. The minimum atomic E-state index is -3.56. The van der Waals surface area contributed by atoms with Gasteiger partial charge in [0.05, 0.1) is 4.90 Å². The Labute approximate surface area is 159 Å². The van der Waals surface area contributed by atoms with Crippen molar-refractivity contribution < 1.29 is 8.42 Å². The molecule has 0 amide bonds. The molecule has 0 saturated carbocycles. The van der Waals surface area contributed by atoms with Gasteiger partial charge in [0.15, 0.2) is 11.5 Å². The van der Waals surface area contributed by atoms with Crippen LogP contribution in [0.15, 0.2) is 41.3 Å². The van der Waals surface area contributed by atoms with E-state index in [1.165, 1.54) is 0 Å². The van der Waals surface area contributed by atoms with Crippen LogP contribution in [-0.4, -0.2) is 41.3 Å². The van der Waals surface area contributed by atoms with Gasteiger partial charge < -0.3 is 5.32 Å². The maximum atomic E-state index is 12.4. The monoisotopic (exact) mass is 388 g/mol. The third kappa shape index (κ3) is 4.81. The minimum absolute atomic E-state index is 0.211. The lowest BCUT2D eigenvalue weighted by Crippen LogP contribution is -2.26. The normalized spacial score (nSPS) is 12.0. The molecule has 0 spiro atoms. The van der Waals surface area contributed by atoms with Crippen molar-refractivity contribution in [1.29, 1.82) is 0 Å². The number of nitrogens with one attached hydrogen (secondary N) is 2. The number of rotatable bonds is 8. The number of fused-ring (bicyclic) bond motifs is 1. The van der Waals surface area contributed by atoms with Gasteiger partial charge in [-0.15, -0.1) is 15.3 Å². The first-order chi connectivity index (χ1) is 12.8. The van der Waals surface area contributed by atoms with Crippen LogP contribution in [0.25, 0.3) is 5.65 Å². The van der Waals surface area contributed by atoms with E-state index in [-0.39, 0.29) is 11.4 Å². The van der Waals surface area contributed by atoms with Crippen LogP contribution in [0.4, 0.5) is 5.82 Å². The fourth-order valence-corrected chi connectivity index (χ4v) is 3.69. The number of aromatic nitrogens is 4. The smallest absolute Gasteiger partial charge is 0.240 e. The van der Waals surface area contributed by atoms with Crippen LogP contribution in [0.5, 0.6) is 0 Å². The number of sulfonamides is 1. The second kappa shape index (κ2) is 8.01. The lowest BCUT2D eigenvalue weighted by Gasteiger charge is -2.09. The van der Waals surface area contributed by atoms with Crippen molar-refractivity contribution in [3.63, 3.8) is 0 Å². The minimum Gasteiger partial charge on any atom is -0.368 e. The average Bonchev–Trinajstić information content (AvgIpc) is 3.02. The Balaban J connectivity index is 1.68. The molecule has 0 fully saturated rings. The van der Waals surface area contributed by atoms with E-state index in [9.17, 15) is 8.42 Å². The summed E-state index contributed by atoms with van der Waals surface area (Å²) in [6, 6.07) is 10.5. The van der Waals surface area contributed by atoms with Gasteiger partial charge >= 0.3 is 0 Å². The predicted octanol–water partition coefficient (Wildman–Crippen LogP) is 2.02. The van der Waals surface area contributed by atoms with Crippen LogP contribution in [0.3, 0.4) is 0 Å². The first kappa shape index (κ1) is 19.2. The van der Waals surface area contributed by atoms with Crippen molar-refractivity contribution in [3.8, 4) is 0 Å². The zero-order valence-electron chi connectivity index (χ0n) is 15.7. The lowest BCUT2D eigenvalue weighted by molar-refractivity contribution is 0.580. The summed E-state index contributed by atoms with van der Waals surface area (Å²) in [6.45, 7) is 7.12. The molecule has 2 aromatic heterocycles. The van der Waals surface area contributed by atoms with Crippen LogP contribution in [0.2, 0.25) is 0 Å². The Kier molecular flexibility index (Phi) is 5.71. The number of nitrogens with zero attached hydrogens (tertiary/aromatic N) is 4. The van der Waals surface area contributed by atoms with Gasteiger partial charge in [-0.1, -0.05) is 26.0 Å². The molecule has 0 atom stereocenters. The van der Waals surface area contributed by atoms with Crippen LogP contribution in [-0.2, 0) is 16.4 Å². The zero-order valence-corrected chi connectivity index (χ0v) is 16.5. The van der Waals surface area contributed by atoms with Crippen molar-refractivity contribution in [2.45, 2.75) is 32.1 Å². The van der Waals surface area contributed by atoms with E-state index in [4.69, 9.17) is 0 Å². The number of aryl methyl sites for hydroxylation is 1. The first-order valence-corrected chi connectivity index (χ1v) is 10.3. The Bertz CT molecular complexity index is 1030. The topological polar surface area (TPSA) is 101 Å². The van der Waals surface area contributed by atoms with Gasteiger partial charge in [0, 0.05) is 19.5 Å². The SMILES string of the molecule is Cc1cccc(S(=O)(=O)NCCc2nnc3ccc(NCC(C)C)nn23)c1. The predicted molar refractivity (Wildman–Crippen MR) is 104 cm³/mol. The molecule has 0 bridgehead atoms. The second-order valence-electron chi connectivity index (χ2n) is 6.84. The number of benzene rings is 1. The molecule has 2 heterocycles. The van der Waals surface area contributed by atoms with Gasteiger partial charge in [-0.25, -0.2) is 13.1 Å². The molecule has 0 aliphatic heterocycles. The number of anilines is 1. The summed E-state index contributed by atoms with van der Waals surface area (Å²) in [5.74, 6) is 1.83. The molecule has 3 rings (SSSR count). The Morgan fingerprint density at radius 3 is 2.70 bits per heavy atom. The van der Waals surface area contributed by atoms with Crippen molar-refractivity contribution in [2.24, 2.45) is 5.92 Å². The molecule has 0 aliphatic rings. The summed E-state index contributed by atoms with van der Waals surface area (Å²) >= 11 is 0. The molecule has 0 aliphatic carbocycles. The van der Waals surface area contributed by atoms with Crippen LogP contribution in [0.1, 0.15) is 25.2 Å². The second-order valence-corrected chi connectivity index (χ2v) is 8.61. The molecule has 144 valence electrons. The highest BCUT2D eigenvalue weighted by Crippen LogP contribution is 2.11. The van der Waals surface area contributed by atoms with Crippen molar-refractivity contribution in [3.05, 3.63) is 47.8 Å². The third-order valence-electron chi connectivity index (χ3n) is 3.96. The quantitative estimate of drug-likeness (QED) is 0.612. The van der Waals surface area contributed by atoms with E-state index in [1.54, 1.807) is 22.7 Å². The fourth-order valence-electron chi connectivity index (χ4n) is 2.56.